The lowest BCUT2D eigenvalue weighted by Gasteiger charge is -2.13. The maximum Gasteiger partial charge on any atom is 0.0977 e. The lowest BCUT2D eigenvalue weighted by Crippen LogP contribution is -2.16. The maximum atomic E-state index is 12.4. The first-order chi connectivity index (χ1) is 4.70. The highest BCUT2D eigenvalue weighted by Crippen LogP contribution is 2.29. The van der Waals surface area contributed by atoms with Crippen LogP contribution in [0.2, 0.25) is 0 Å². The van der Waals surface area contributed by atoms with Crippen LogP contribution in [-0.4, -0.2) is 17.4 Å². The molecule has 0 bridgehead atoms. The Balaban J connectivity index is 2.26. The molecule has 1 N–H and O–H groups in total. The second-order valence-electron chi connectivity index (χ2n) is 3.27. The third-order valence-corrected chi connectivity index (χ3v) is 2.25. The Kier molecular flexibility index (Phi) is 2.66. The van der Waals surface area contributed by atoms with Crippen LogP contribution >= 0.6 is 0 Å². The summed E-state index contributed by atoms with van der Waals surface area (Å²) in [6.45, 7) is 1.56. The molecule has 1 rings (SSSR count). The standard InChI is InChI=1S/C8H15FO/c1-6(9)5-7-3-2-4-8(7)10/h6-8,10H,2-5H2,1H3. The van der Waals surface area contributed by atoms with Gasteiger partial charge in [-0.2, -0.15) is 0 Å². The van der Waals surface area contributed by atoms with Gasteiger partial charge in [-0.05, 0) is 32.1 Å². The van der Waals surface area contributed by atoms with Crippen molar-refractivity contribution in [3.63, 3.8) is 0 Å². The summed E-state index contributed by atoms with van der Waals surface area (Å²) in [6, 6.07) is 0. The van der Waals surface area contributed by atoms with E-state index in [-0.39, 0.29) is 12.0 Å². The summed E-state index contributed by atoms with van der Waals surface area (Å²) >= 11 is 0. The predicted octanol–water partition coefficient (Wildman–Crippen LogP) is 1.90. The summed E-state index contributed by atoms with van der Waals surface area (Å²) in [7, 11) is 0. The number of aliphatic hydroxyl groups is 1. The summed E-state index contributed by atoms with van der Waals surface area (Å²) in [5.41, 5.74) is 0. The molecule has 1 aliphatic rings. The van der Waals surface area contributed by atoms with Crippen LogP contribution in [0.5, 0.6) is 0 Å². The highest BCUT2D eigenvalue weighted by atomic mass is 19.1. The van der Waals surface area contributed by atoms with E-state index in [0.717, 1.165) is 19.3 Å². The minimum atomic E-state index is -0.752. The van der Waals surface area contributed by atoms with Crippen LogP contribution in [0.25, 0.3) is 0 Å². The number of hydrogen-bond acceptors (Lipinski definition) is 1. The first-order valence-electron chi connectivity index (χ1n) is 4.02. The SMILES string of the molecule is CC(F)CC1CCCC1O. The Morgan fingerprint density at radius 3 is 2.70 bits per heavy atom. The largest absolute Gasteiger partial charge is 0.393 e. The zero-order valence-corrected chi connectivity index (χ0v) is 6.39. The smallest absolute Gasteiger partial charge is 0.0977 e. The van der Waals surface area contributed by atoms with Crippen molar-refractivity contribution in [1.29, 1.82) is 0 Å². The van der Waals surface area contributed by atoms with Gasteiger partial charge in [0.05, 0.1) is 12.3 Å². The van der Waals surface area contributed by atoms with Crippen molar-refractivity contribution >= 4 is 0 Å². The first-order valence-corrected chi connectivity index (χ1v) is 4.02. The quantitative estimate of drug-likeness (QED) is 0.630. The van der Waals surface area contributed by atoms with Crippen molar-refractivity contribution in [1.82, 2.24) is 0 Å². The molecule has 1 aliphatic carbocycles. The number of hydrogen-bond donors (Lipinski definition) is 1. The average Bonchev–Trinajstić information content (AvgIpc) is 2.15. The molecule has 0 heterocycles. The van der Waals surface area contributed by atoms with Gasteiger partial charge in [0.25, 0.3) is 0 Å². The van der Waals surface area contributed by atoms with Gasteiger partial charge in [-0.15, -0.1) is 0 Å². The number of rotatable bonds is 2. The van der Waals surface area contributed by atoms with Crippen molar-refractivity contribution in [2.24, 2.45) is 5.92 Å². The van der Waals surface area contributed by atoms with E-state index in [2.05, 4.69) is 0 Å². The van der Waals surface area contributed by atoms with Gasteiger partial charge in [-0.3, -0.25) is 0 Å². The minimum Gasteiger partial charge on any atom is -0.393 e. The van der Waals surface area contributed by atoms with E-state index in [1.165, 1.54) is 0 Å². The summed E-state index contributed by atoms with van der Waals surface area (Å²) in [5, 5.41) is 9.27. The molecule has 0 saturated heterocycles. The van der Waals surface area contributed by atoms with Gasteiger partial charge >= 0.3 is 0 Å². The molecule has 2 heteroatoms. The fourth-order valence-electron chi connectivity index (χ4n) is 1.71. The maximum absolute atomic E-state index is 12.4. The van der Waals surface area contributed by atoms with Crippen LogP contribution in [0.4, 0.5) is 4.39 Å². The molecule has 0 aromatic rings. The topological polar surface area (TPSA) is 20.2 Å². The van der Waals surface area contributed by atoms with Gasteiger partial charge in [-0.25, -0.2) is 4.39 Å². The molecule has 60 valence electrons. The molecule has 0 aromatic carbocycles. The lowest BCUT2D eigenvalue weighted by atomic mass is 9.99. The second-order valence-corrected chi connectivity index (χ2v) is 3.27. The fraction of sp³-hybridized carbons (Fsp3) is 1.00. The van der Waals surface area contributed by atoms with Gasteiger partial charge in [-0.1, -0.05) is 6.42 Å². The Hall–Kier alpha value is -0.110. The Bertz CT molecular complexity index is 103. The molecule has 10 heavy (non-hydrogen) atoms. The van der Waals surface area contributed by atoms with Crippen LogP contribution < -0.4 is 0 Å². The van der Waals surface area contributed by atoms with E-state index in [1.54, 1.807) is 6.92 Å². The Labute approximate surface area is 61.2 Å². The molecule has 3 unspecified atom stereocenters. The monoisotopic (exact) mass is 146 g/mol. The number of aliphatic hydroxyl groups excluding tert-OH is 1. The molecular formula is C8H15FO. The summed E-state index contributed by atoms with van der Waals surface area (Å²) in [5.74, 6) is 0.236. The van der Waals surface area contributed by atoms with Gasteiger partial charge < -0.3 is 5.11 Å². The van der Waals surface area contributed by atoms with Crippen molar-refractivity contribution < 1.29 is 9.50 Å². The predicted molar refractivity (Wildman–Crippen MR) is 38.5 cm³/mol. The molecule has 0 spiro atoms. The number of halogens is 1. The zero-order valence-electron chi connectivity index (χ0n) is 6.39. The normalized spacial score (nSPS) is 36.3. The van der Waals surface area contributed by atoms with E-state index < -0.39 is 6.17 Å². The van der Waals surface area contributed by atoms with Crippen molar-refractivity contribution in [3.05, 3.63) is 0 Å². The van der Waals surface area contributed by atoms with Crippen LogP contribution in [0, 0.1) is 5.92 Å². The van der Waals surface area contributed by atoms with E-state index in [1.807, 2.05) is 0 Å². The third kappa shape index (κ3) is 1.94. The van der Waals surface area contributed by atoms with E-state index in [4.69, 9.17) is 0 Å². The van der Waals surface area contributed by atoms with Crippen LogP contribution in [0.15, 0.2) is 0 Å². The molecule has 0 radical (unpaired) electrons. The van der Waals surface area contributed by atoms with E-state index in [9.17, 15) is 9.50 Å². The Morgan fingerprint density at radius 2 is 2.30 bits per heavy atom. The first kappa shape index (κ1) is 7.99. The van der Waals surface area contributed by atoms with Crippen molar-refractivity contribution in [2.45, 2.75) is 44.9 Å². The van der Waals surface area contributed by atoms with Crippen LogP contribution in [0.1, 0.15) is 32.6 Å². The second kappa shape index (κ2) is 3.33. The molecule has 1 fully saturated rings. The molecule has 0 aromatic heterocycles. The van der Waals surface area contributed by atoms with Crippen LogP contribution in [0.3, 0.4) is 0 Å². The zero-order chi connectivity index (χ0) is 7.56. The average molecular weight is 146 g/mol. The van der Waals surface area contributed by atoms with Crippen molar-refractivity contribution in [2.75, 3.05) is 0 Å². The molecule has 1 saturated carbocycles. The third-order valence-electron chi connectivity index (χ3n) is 2.25. The number of alkyl halides is 1. The molecule has 3 atom stereocenters. The molecule has 1 nitrogen and oxygen atoms in total. The van der Waals surface area contributed by atoms with Gasteiger partial charge in [0.15, 0.2) is 0 Å². The highest BCUT2D eigenvalue weighted by molar-refractivity contribution is 4.77. The summed E-state index contributed by atoms with van der Waals surface area (Å²) < 4.78 is 12.4. The van der Waals surface area contributed by atoms with Crippen LogP contribution in [-0.2, 0) is 0 Å². The van der Waals surface area contributed by atoms with Gasteiger partial charge in [0.2, 0.25) is 0 Å². The molecule has 0 amide bonds. The van der Waals surface area contributed by atoms with Crippen molar-refractivity contribution in [3.8, 4) is 0 Å². The molecular weight excluding hydrogens is 131 g/mol. The van der Waals surface area contributed by atoms with E-state index in [0.29, 0.717) is 6.42 Å². The summed E-state index contributed by atoms with van der Waals surface area (Å²) in [6.07, 6.45) is 2.52. The van der Waals surface area contributed by atoms with Gasteiger partial charge in [0, 0.05) is 0 Å². The molecule has 0 aliphatic heterocycles. The Morgan fingerprint density at radius 1 is 1.60 bits per heavy atom. The fourth-order valence-corrected chi connectivity index (χ4v) is 1.71. The van der Waals surface area contributed by atoms with Gasteiger partial charge in [0.1, 0.15) is 0 Å². The highest BCUT2D eigenvalue weighted by Gasteiger charge is 2.26. The minimum absolute atomic E-state index is 0.224. The van der Waals surface area contributed by atoms with E-state index >= 15 is 0 Å². The lowest BCUT2D eigenvalue weighted by molar-refractivity contribution is 0.112. The summed E-state index contributed by atoms with van der Waals surface area (Å²) in [4.78, 5) is 0.